The molecule has 2 saturated heterocycles. The molecule has 0 spiro atoms. The smallest absolute Gasteiger partial charge is 0.170 e. The third-order valence-corrected chi connectivity index (χ3v) is 6.85. The third-order valence-electron chi connectivity index (χ3n) is 5.86. The van der Waals surface area contributed by atoms with E-state index in [4.69, 9.17) is 9.47 Å². The van der Waals surface area contributed by atoms with Crippen molar-refractivity contribution < 1.29 is 50.3 Å². The Balaban J connectivity index is 1.42. The van der Waals surface area contributed by atoms with Gasteiger partial charge in [0.15, 0.2) is 18.3 Å². The second-order valence-corrected chi connectivity index (χ2v) is 9.22. The van der Waals surface area contributed by atoms with Crippen molar-refractivity contribution in [3.63, 3.8) is 0 Å². The van der Waals surface area contributed by atoms with Crippen LogP contribution in [-0.2, 0) is 9.47 Å². The van der Waals surface area contributed by atoms with Crippen molar-refractivity contribution in [1.82, 2.24) is 26.2 Å². The predicted octanol–water partition coefficient (Wildman–Crippen LogP) is -5.78. The second-order valence-electron chi connectivity index (χ2n) is 8.26. The van der Waals surface area contributed by atoms with Crippen LogP contribution in [0.15, 0.2) is 16.3 Å². The first kappa shape index (κ1) is 27.3. The fourth-order valence-electron chi connectivity index (χ4n) is 3.76. The molecule has 4 heterocycles. The van der Waals surface area contributed by atoms with E-state index in [9.17, 15) is 40.9 Å². The van der Waals surface area contributed by atoms with Gasteiger partial charge < -0.3 is 61.2 Å². The number of fused-ring (bicyclic) bond motifs is 1. The molecule has 3 aliphatic rings. The minimum absolute atomic E-state index is 0.177. The third kappa shape index (κ3) is 5.55. The number of thioether (sulfide) groups is 1. The summed E-state index contributed by atoms with van der Waals surface area (Å²) in [5.41, 5.74) is 11.1. The SMILES string of the molecule is OCC1OC(NNC2=Nc3c(NNC4OC(CO)C(O)C(O)C4O)ncnc3SC2)C(O)C(O)C1O. The maximum atomic E-state index is 10.2. The van der Waals surface area contributed by atoms with Crippen molar-refractivity contribution in [2.75, 3.05) is 24.4 Å². The van der Waals surface area contributed by atoms with Crippen LogP contribution in [0.1, 0.15) is 0 Å². The van der Waals surface area contributed by atoms with Crippen molar-refractivity contribution in [1.29, 1.82) is 0 Å². The van der Waals surface area contributed by atoms with Crippen molar-refractivity contribution >= 4 is 29.1 Å². The number of hydrogen-bond acceptors (Lipinski definition) is 18. The summed E-state index contributed by atoms with van der Waals surface area (Å²) in [6.45, 7) is -1.15. The fraction of sp³-hybridized carbons (Fsp3) is 0.722. The Hall–Kier alpha value is -1.78. The van der Waals surface area contributed by atoms with Crippen LogP contribution in [0, 0.1) is 0 Å². The van der Waals surface area contributed by atoms with Gasteiger partial charge in [-0.2, -0.15) is 0 Å². The number of nitrogens with one attached hydrogen (secondary N) is 4. The lowest BCUT2D eigenvalue weighted by Gasteiger charge is -2.40. The highest BCUT2D eigenvalue weighted by Crippen LogP contribution is 2.36. The molecule has 3 aliphatic heterocycles. The minimum Gasteiger partial charge on any atom is -0.394 e. The van der Waals surface area contributed by atoms with Crippen molar-refractivity contribution in [3.05, 3.63) is 6.33 Å². The molecule has 1 aromatic rings. The van der Waals surface area contributed by atoms with Gasteiger partial charge in [-0.3, -0.25) is 0 Å². The molecule has 1 aromatic heterocycles. The van der Waals surface area contributed by atoms with Crippen LogP contribution in [0.4, 0.5) is 11.5 Å². The molecule has 10 atom stereocenters. The van der Waals surface area contributed by atoms with Gasteiger partial charge >= 0.3 is 0 Å². The van der Waals surface area contributed by atoms with Crippen molar-refractivity contribution in [2.45, 2.75) is 66.3 Å². The van der Waals surface area contributed by atoms with E-state index in [-0.39, 0.29) is 5.82 Å². The maximum absolute atomic E-state index is 10.2. The largest absolute Gasteiger partial charge is 0.394 e. The van der Waals surface area contributed by atoms with Crippen LogP contribution < -0.4 is 21.7 Å². The number of anilines is 1. The number of aliphatic hydroxyl groups is 8. The Morgan fingerprint density at radius 3 is 1.89 bits per heavy atom. The average Bonchev–Trinajstić information content (AvgIpc) is 2.89. The van der Waals surface area contributed by atoms with E-state index >= 15 is 0 Å². The van der Waals surface area contributed by atoms with Gasteiger partial charge in [0.05, 0.1) is 19.0 Å². The van der Waals surface area contributed by atoms with Crippen molar-refractivity contribution in [2.24, 2.45) is 4.99 Å². The average molecular weight is 536 g/mol. The van der Waals surface area contributed by atoms with Gasteiger partial charge in [-0.15, -0.1) is 0 Å². The summed E-state index contributed by atoms with van der Waals surface area (Å²) in [5, 5.41) is 79.2. The number of hydrazine groups is 2. The second kappa shape index (κ2) is 11.7. The van der Waals surface area contributed by atoms with E-state index in [0.29, 0.717) is 22.3 Å². The Kier molecular flexibility index (Phi) is 8.88. The first-order chi connectivity index (χ1) is 17.2. The molecule has 12 N–H and O–H groups in total. The van der Waals surface area contributed by atoms with Crippen LogP contribution in [-0.4, -0.2) is 137 Å². The van der Waals surface area contributed by atoms with Gasteiger partial charge in [-0.05, 0) is 0 Å². The number of amidine groups is 1. The molecule has 10 unspecified atom stereocenters. The molecule has 0 bridgehead atoms. The van der Waals surface area contributed by atoms with Crippen LogP contribution >= 0.6 is 11.8 Å². The molecule has 0 radical (unpaired) electrons. The van der Waals surface area contributed by atoms with Gasteiger partial charge in [0.1, 0.15) is 71.7 Å². The van der Waals surface area contributed by atoms with Crippen molar-refractivity contribution in [3.8, 4) is 0 Å². The molecule has 17 nitrogen and oxygen atoms in total. The standard InChI is InChI=1S/C18H29N7O10S/c26-1-5-9(28)11(30)13(32)16(34-5)24-22-7-3-36-18-8(21-7)15(19-4-20-18)23-25-17-14(33)12(31)10(29)6(2-27)35-17/h4-6,9-14,16-17,24-33H,1-3H2,(H,21,22)(H,19,20,23). The summed E-state index contributed by atoms with van der Waals surface area (Å²) in [5.74, 6) is 0.861. The topological polar surface area (TPSA) is 267 Å². The lowest BCUT2D eigenvalue weighted by molar-refractivity contribution is -0.238. The van der Waals surface area contributed by atoms with E-state index in [1.54, 1.807) is 0 Å². The van der Waals surface area contributed by atoms with Gasteiger partial charge in [0.25, 0.3) is 0 Å². The van der Waals surface area contributed by atoms with Gasteiger partial charge in [0.2, 0.25) is 0 Å². The number of aliphatic imine (C=N–C) groups is 1. The maximum Gasteiger partial charge on any atom is 0.170 e. The van der Waals surface area contributed by atoms with E-state index in [2.05, 4.69) is 36.7 Å². The molecule has 4 rings (SSSR count). The molecular weight excluding hydrogens is 506 g/mol. The van der Waals surface area contributed by atoms with Crippen LogP contribution in [0.5, 0.6) is 0 Å². The zero-order chi connectivity index (χ0) is 26.0. The van der Waals surface area contributed by atoms with Crippen LogP contribution in [0.2, 0.25) is 0 Å². The lowest BCUT2D eigenvalue weighted by Crippen LogP contribution is -2.65. The number of aromatic nitrogens is 2. The molecule has 0 saturated carbocycles. The number of aliphatic hydroxyl groups excluding tert-OH is 8. The highest BCUT2D eigenvalue weighted by Gasteiger charge is 2.44. The Bertz CT molecular complexity index is 930. The Morgan fingerprint density at radius 2 is 1.33 bits per heavy atom. The highest BCUT2D eigenvalue weighted by molar-refractivity contribution is 8.00. The molecule has 0 amide bonds. The van der Waals surface area contributed by atoms with Crippen LogP contribution in [0.25, 0.3) is 0 Å². The van der Waals surface area contributed by atoms with E-state index < -0.39 is 74.5 Å². The predicted molar refractivity (Wildman–Crippen MR) is 120 cm³/mol. The molecule has 18 heteroatoms. The molecule has 0 aliphatic carbocycles. The van der Waals surface area contributed by atoms with Crippen LogP contribution in [0.3, 0.4) is 0 Å². The molecule has 36 heavy (non-hydrogen) atoms. The lowest BCUT2D eigenvalue weighted by atomic mass is 9.99. The Morgan fingerprint density at radius 1 is 0.778 bits per heavy atom. The summed E-state index contributed by atoms with van der Waals surface area (Å²) in [6.07, 6.45) is -12.4. The number of hydrogen-bond donors (Lipinski definition) is 12. The normalized spacial score (nSPS) is 38.7. The first-order valence-corrected chi connectivity index (χ1v) is 11.9. The van der Waals surface area contributed by atoms with Gasteiger partial charge in [-0.25, -0.2) is 25.8 Å². The highest BCUT2D eigenvalue weighted by atomic mass is 32.2. The summed E-state index contributed by atoms with van der Waals surface area (Å²) in [7, 11) is 0. The first-order valence-electron chi connectivity index (χ1n) is 10.9. The van der Waals surface area contributed by atoms with Gasteiger partial charge in [0, 0.05) is 0 Å². The van der Waals surface area contributed by atoms with E-state index in [0.717, 1.165) is 0 Å². The fourth-order valence-corrected chi connectivity index (χ4v) is 4.57. The van der Waals surface area contributed by atoms with E-state index in [1.807, 2.05) is 0 Å². The number of nitrogens with zero attached hydrogens (tertiary/aromatic N) is 3. The number of ether oxygens (including phenoxy) is 2. The molecule has 0 aromatic carbocycles. The molecule has 202 valence electrons. The monoisotopic (exact) mass is 535 g/mol. The zero-order valence-electron chi connectivity index (χ0n) is 18.6. The minimum atomic E-state index is -1.56. The summed E-state index contributed by atoms with van der Waals surface area (Å²) in [6, 6.07) is 0. The molecule has 2 fully saturated rings. The quantitative estimate of drug-likeness (QED) is 0.114. The van der Waals surface area contributed by atoms with Gasteiger partial charge in [-0.1, -0.05) is 11.8 Å². The molecular formula is C18H29N7O10S. The zero-order valence-corrected chi connectivity index (χ0v) is 19.4. The summed E-state index contributed by atoms with van der Waals surface area (Å²) in [4.78, 5) is 12.7. The summed E-state index contributed by atoms with van der Waals surface area (Å²) >= 11 is 1.30. The summed E-state index contributed by atoms with van der Waals surface area (Å²) < 4.78 is 10.8. The van der Waals surface area contributed by atoms with E-state index in [1.165, 1.54) is 18.1 Å². The number of rotatable bonds is 7. The Labute approximate surface area is 208 Å².